The maximum absolute atomic E-state index is 14.5. The zero-order chi connectivity index (χ0) is 24.1. The van der Waals surface area contributed by atoms with Gasteiger partial charge in [0.05, 0.1) is 32.8 Å². The van der Waals surface area contributed by atoms with E-state index >= 15 is 0 Å². The summed E-state index contributed by atoms with van der Waals surface area (Å²) < 4.78 is 25.2. The highest BCUT2D eigenvalue weighted by molar-refractivity contribution is 6.32. The van der Waals surface area contributed by atoms with E-state index in [1.165, 1.54) is 24.3 Å². The van der Waals surface area contributed by atoms with Gasteiger partial charge in [-0.3, -0.25) is 0 Å². The molecule has 3 N–H and O–H groups in total. The Hall–Kier alpha value is -4.30. The number of phenolic OH excluding ortho intramolecular Hbond substituents is 1. The summed E-state index contributed by atoms with van der Waals surface area (Å²) in [5.74, 6) is -4.60. The van der Waals surface area contributed by atoms with Crippen LogP contribution in [0, 0.1) is 5.82 Å². The van der Waals surface area contributed by atoms with Crippen molar-refractivity contribution in [1.29, 1.82) is 0 Å². The van der Waals surface area contributed by atoms with Crippen molar-refractivity contribution in [1.82, 2.24) is 0 Å². The molecule has 0 saturated carbocycles. The molecule has 7 nitrogen and oxygen atoms in total. The van der Waals surface area contributed by atoms with Gasteiger partial charge >= 0.3 is 11.3 Å². The van der Waals surface area contributed by atoms with Crippen LogP contribution in [0.5, 0.6) is 17.2 Å². The van der Waals surface area contributed by atoms with E-state index in [1.807, 2.05) is 0 Å². The van der Waals surface area contributed by atoms with Crippen molar-refractivity contribution in [3.63, 3.8) is 0 Å². The minimum atomic E-state index is -1.56. The van der Waals surface area contributed by atoms with Crippen molar-refractivity contribution in [2.75, 3.05) is 0 Å². The van der Waals surface area contributed by atoms with Crippen molar-refractivity contribution in [3.05, 3.63) is 109 Å². The first-order valence-corrected chi connectivity index (χ1v) is 10.3. The second kappa shape index (κ2) is 7.93. The van der Waals surface area contributed by atoms with Gasteiger partial charge in [0.25, 0.3) is 0 Å². The predicted molar refractivity (Wildman–Crippen MR) is 122 cm³/mol. The van der Waals surface area contributed by atoms with Crippen LogP contribution in [0.15, 0.2) is 79.1 Å². The van der Waals surface area contributed by atoms with E-state index < -0.39 is 56.4 Å². The third-order valence-electron chi connectivity index (χ3n) is 5.59. The van der Waals surface area contributed by atoms with Crippen LogP contribution in [-0.4, -0.2) is 15.3 Å². The molecule has 9 heteroatoms. The van der Waals surface area contributed by atoms with Crippen LogP contribution < -0.4 is 11.3 Å². The fourth-order valence-corrected chi connectivity index (χ4v) is 4.25. The molecular formula is C25H14ClFO7. The Morgan fingerprint density at radius 2 is 1.21 bits per heavy atom. The standard InChI is InChI=1S/C25H14ClFO7/c26-14-9-11(10-15(27)23(14)30)18(19-21(28)12-5-1-3-7-16(12)33-24(19)31)20-22(29)13-6-2-4-8-17(13)34-25(20)32/h1-10,18,28-30H. The Labute approximate surface area is 194 Å². The number of fused-ring (bicyclic) bond motifs is 2. The van der Waals surface area contributed by atoms with Crippen LogP contribution in [0.25, 0.3) is 21.9 Å². The van der Waals surface area contributed by atoms with E-state index in [9.17, 15) is 29.3 Å². The molecule has 0 aliphatic carbocycles. The monoisotopic (exact) mass is 480 g/mol. The van der Waals surface area contributed by atoms with Crippen molar-refractivity contribution in [2.45, 2.75) is 5.92 Å². The molecule has 0 bridgehead atoms. The van der Waals surface area contributed by atoms with Gasteiger partial charge in [-0.1, -0.05) is 35.9 Å². The van der Waals surface area contributed by atoms with Gasteiger partial charge in [-0.25, -0.2) is 14.0 Å². The van der Waals surface area contributed by atoms with Gasteiger partial charge in [-0.2, -0.15) is 0 Å². The first-order valence-electron chi connectivity index (χ1n) is 9.95. The van der Waals surface area contributed by atoms with Crippen LogP contribution >= 0.6 is 11.6 Å². The first kappa shape index (κ1) is 21.5. The number of benzene rings is 3. The van der Waals surface area contributed by atoms with Gasteiger partial charge in [0.15, 0.2) is 11.6 Å². The zero-order valence-electron chi connectivity index (χ0n) is 17.1. The highest BCUT2D eigenvalue weighted by atomic mass is 35.5. The van der Waals surface area contributed by atoms with E-state index in [4.69, 9.17) is 20.4 Å². The first-order chi connectivity index (χ1) is 16.3. The molecular weight excluding hydrogens is 467 g/mol. The SMILES string of the molecule is O=c1oc2ccccc2c(O)c1C(c1cc(F)c(O)c(Cl)c1)c1c(O)c2ccccc2oc1=O. The minimum absolute atomic E-state index is 0.0807. The maximum atomic E-state index is 14.5. The second-order valence-electron chi connectivity index (χ2n) is 7.56. The molecule has 0 spiro atoms. The molecule has 5 rings (SSSR count). The molecule has 0 radical (unpaired) electrons. The van der Waals surface area contributed by atoms with Crippen LogP contribution in [0.2, 0.25) is 5.02 Å². The van der Waals surface area contributed by atoms with Gasteiger partial charge < -0.3 is 24.2 Å². The van der Waals surface area contributed by atoms with Gasteiger partial charge in [-0.05, 0) is 42.0 Å². The maximum Gasteiger partial charge on any atom is 0.344 e. The number of phenols is 1. The molecule has 0 fully saturated rings. The van der Waals surface area contributed by atoms with Gasteiger partial charge in [0.2, 0.25) is 0 Å². The summed E-state index contributed by atoms with van der Waals surface area (Å²) in [7, 11) is 0. The molecule has 5 aromatic rings. The van der Waals surface area contributed by atoms with Crippen molar-refractivity contribution in [2.24, 2.45) is 0 Å². The second-order valence-corrected chi connectivity index (χ2v) is 7.97. The fourth-order valence-electron chi connectivity index (χ4n) is 4.03. The normalized spacial score (nSPS) is 11.5. The lowest BCUT2D eigenvalue weighted by atomic mass is 9.84. The molecule has 0 amide bonds. The molecule has 0 aliphatic rings. The third-order valence-corrected chi connectivity index (χ3v) is 5.88. The van der Waals surface area contributed by atoms with Crippen molar-refractivity contribution >= 4 is 33.5 Å². The lowest BCUT2D eigenvalue weighted by molar-refractivity contribution is 0.430. The molecule has 0 saturated heterocycles. The summed E-state index contributed by atoms with van der Waals surface area (Å²) >= 11 is 5.97. The van der Waals surface area contributed by atoms with E-state index in [2.05, 4.69) is 0 Å². The highest BCUT2D eigenvalue weighted by Gasteiger charge is 2.33. The number of aromatic hydroxyl groups is 3. The van der Waals surface area contributed by atoms with Crippen molar-refractivity contribution in [3.8, 4) is 17.2 Å². The van der Waals surface area contributed by atoms with Crippen LogP contribution in [0.4, 0.5) is 4.39 Å². The Balaban J connectivity index is 1.94. The number of hydrogen-bond acceptors (Lipinski definition) is 7. The molecule has 2 heterocycles. The Morgan fingerprint density at radius 3 is 1.68 bits per heavy atom. The van der Waals surface area contributed by atoms with E-state index in [0.29, 0.717) is 0 Å². The van der Waals surface area contributed by atoms with Crippen LogP contribution in [0.3, 0.4) is 0 Å². The topological polar surface area (TPSA) is 121 Å². The average Bonchev–Trinajstić information content (AvgIpc) is 2.81. The minimum Gasteiger partial charge on any atom is -0.507 e. The van der Waals surface area contributed by atoms with Crippen molar-refractivity contribution < 1.29 is 28.5 Å². The average molecular weight is 481 g/mol. The van der Waals surface area contributed by atoms with Crippen LogP contribution in [-0.2, 0) is 0 Å². The largest absolute Gasteiger partial charge is 0.507 e. The summed E-state index contributed by atoms with van der Waals surface area (Å²) in [5, 5.41) is 31.8. The summed E-state index contributed by atoms with van der Waals surface area (Å²) in [6.45, 7) is 0. The molecule has 0 atom stereocenters. The zero-order valence-corrected chi connectivity index (χ0v) is 17.8. The van der Waals surface area contributed by atoms with Gasteiger partial charge in [0, 0.05) is 0 Å². The Kier molecular flexibility index (Phi) is 5.02. The van der Waals surface area contributed by atoms with E-state index in [-0.39, 0.29) is 27.5 Å². The predicted octanol–water partition coefficient (Wildman–Crippen LogP) is 4.99. The molecule has 170 valence electrons. The smallest absolute Gasteiger partial charge is 0.344 e. The lowest BCUT2D eigenvalue weighted by Crippen LogP contribution is -2.21. The van der Waals surface area contributed by atoms with Gasteiger partial charge in [-0.15, -0.1) is 0 Å². The molecule has 2 aromatic heterocycles. The molecule has 0 unspecified atom stereocenters. The van der Waals surface area contributed by atoms with Gasteiger partial charge in [0.1, 0.15) is 22.7 Å². The summed E-state index contributed by atoms with van der Waals surface area (Å²) in [5.41, 5.74) is -2.91. The summed E-state index contributed by atoms with van der Waals surface area (Å²) in [6.07, 6.45) is 0. The number of rotatable bonds is 3. The van der Waals surface area contributed by atoms with Crippen LogP contribution in [0.1, 0.15) is 22.6 Å². The van der Waals surface area contributed by atoms with E-state index in [1.54, 1.807) is 24.3 Å². The fraction of sp³-hybridized carbons (Fsp3) is 0.0400. The highest BCUT2D eigenvalue weighted by Crippen LogP contribution is 2.43. The molecule has 34 heavy (non-hydrogen) atoms. The molecule has 3 aromatic carbocycles. The number of para-hydroxylation sites is 2. The Morgan fingerprint density at radius 1 is 0.735 bits per heavy atom. The quantitative estimate of drug-likeness (QED) is 0.311. The summed E-state index contributed by atoms with van der Waals surface area (Å²) in [4.78, 5) is 26.1. The number of halogens is 2. The summed E-state index contributed by atoms with van der Waals surface area (Å²) in [6, 6.07) is 14.3. The molecule has 0 aliphatic heterocycles. The lowest BCUT2D eigenvalue weighted by Gasteiger charge is -2.20. The number of hydrogen-bond donors (Lipinski definition) is 3. The Bertz CT molecular complexity index is 1600. The third kappa shape index (κ3) is 3.27. The van der Waals surface area contributed by atoms with E-state index in [0.717, 1.165) is 12.1 Å².